The van der Waals surface area contributed by atoms with E-state index in [4.69, 9.17) is 0 Å². The standard InChI is InChI=1S/C17H16N2/c1-2-19(15-9-4-3-5-10-15)17-16-11-7-6-8-14(16)12-13-18-17/h3-13H,2H2,1H3. The number of anilines is 2. The first-order valence-corrected chi connectivity index (χ1v) is 6.56. The molecule has 0 aliphatic heterocycles. The van der Waals surface area contributed by atoms with Gasteiger partial charge in [0.1, 0.15) is 5.82 Å². The summed E-state index contributed by atoms with van der Waals surface area (Å²) in [6.45, 7) is 3.04. The van der Waals surface area contributed by atoms with Crippen molar-refractivity contribution in [2.24, 2.45) is 0 Å². The van der Waals surface area contributed by atoms with Crippen LogP contribution in [0.25, 0.3) is 10.8 Å². The Labute approximate surface area is 113 Å². The lowest BCUT2D eigenvalue weighted by Gasteiger charge is -2.23. The molecule has 94 valence electrons. The molecular formula is C17H16N2. The largest absolute Gasteiger partial charge is 0.326 e. The topological polar surface area (TPSA) is 16.1 Å². The van der Waals surface area contributed by atoms with Crippen LogP contribution < -0.4 is 4.90 Å². The van der Waals surface area contributed by atoms with Crippen LogP contribution in [-0.2, 0) is 0 Å². The zero-order valence-electron chi connectivity index (χ0n) is 11.0. The molecule has 0 aliphatic carbocycles. The van der Waals surface area contributed by atoms with Crippen LogP contribution in [0.3, 0.4) is 0 Å². The summed E-state index contributed by atoms with van der Waals surface area (Å²) in [6.07, 6.45) is 1.88. The molecule has 3 rings (SSSR count). The molecule has 0 bridgehead atoms. The molecule has 0 spiro atoms. The molecule has 0 unspecified atom stereocenters. The number of hydrogen-bond donors (Lipinski definition) is 0. The maximum atomic E-state index is 4.58. The van der Waals surface area contributed by atoms with Crippen LogP contribution in [0.5, 0.6) is 0 Å². The van der Waals surface area contributed by atoms with Gasteiger partial charge in [0.05, 0.1) is 0 Å². The molecule has 0 saturated carbocycles. The van der Waals surface area contributed by atoms with E-state index in [1.54, 1.807) is 0 Å². The zero-order chi connectivity index (χ0) is 13.1. The average Bonchev–Trinajstić information content (AvgIpc) is 2.49. The molecule has 0 aliphatic rings. The lowest BCUT2D eigenvalue weighted by atomic mass is 10.1. The predicted molar refractivity (Wildman–Crippen MR) is 80.9 cm³/mol. The molecule has 0 N–H and O–H groups in total. The third kappa shape index (κ3) is 2.17. The number of pyridine rings is 1. The molecule has 0 fully saturated rings. The Morgan fingerprint density at radius 2 is 1.63 bits per heavy atom. The van der Waals surface area contributed by atoms with Crippen LogP contribution >= 0.6 is 0 Å². The van der Waals surface area contributed by atoms with Gasteiger partial charge in [-0.2, -0.15) is 0 Å². The van der Waals surface area contributed by atoms with E-state index < -0.39 is 0 Å². The smallest absolute Gasteiger partial charge is 0.140 e. The van der Waals surface area contributed by atoms with Crippen LogP contribution in [0.2, 0.25) is 0 Å². The molecule has 0 amide bonds. The fourth-order valence-electron chi connectivity index (χ4n) is 2.38. The highest BCUT2D eigenvalue weighted by atomic mass is 15.2. The van der Waals surface area contributed by atoms with Crippen molar-refractivity contribution in [1.29, 1.82) is 0 Å². The van der Waals surface area contributed by atoms with Gasteiger partial charge >= 0.3 is 0 Å². The van der Waals surface area contributed by atoms with Crippen LogP contribution in [0.15, 0.2) is 66.9 Å². The Morgan fingerprint density at radius 3 is 2.42 bits per heavy atom. The van der Waals surface area contributed by atoms with Crippen LogP contribution in [-0.4, -0.2) is 11.5 Å². The van der Waals surface area contributed by atoms with Gasteiger partial charge < -0.3 is 4.90 Å². The second-order valence-electron chi connectivity index (χ2n) is 4.44. The molecule has 0 radical (unpaired) electrons. The van der Waals surface area contributed by atoms with E-state index in [2.05, 4.69) is 71.4 Å². The number of hydrogen-bond acceptors (Lipinski definition) is 2. The van der Waals surface area contributed by atoms with Gasteiger partial charge in [0.15, 0.2) is 0 Å². The van der Waals surface area contributed by atoms with Crippen molar-refractivity contribution in [1.82, 2.24) is 4.98 Å². The van der Waals surface area contributed by atoms with E-state index in [-0.39, 0.29) is 0 Å². The van der Waals surface area contributed by atoms with E-state index in [9.17, 15) is 0 Å². The van der Waals surface area contributed by atoms with Crippen LogP contribution in [0, 0.1) is 0 Å². The van der Waals surface area contributed by atoms with Crippen molar-refractivity contribution in [2.45, 2.75) is 6.92 Å². The minimum absolute atomic E-state index is 0.894. The number of nitrogens with zero attached hydrogens (tertiary/aromatic N) is 2. The van der Waals surface area contributed by atoms with Gasteiger partial charge in [0.25, 0.3) is 0 Å². The number of para-hydroxylation sites is 1. The Morgan fingerprint density at radius 1 is 0.895 bits per heavy atom. The van der Waals surface area contributed by atoms with Crippen molar-refractivity contribution in [2.75, 3.05) is 11.4 Å². The first-order chi connectivity index (χ1) is 9.40. The maximum absolute atomic E-state index is 4.58. The summed E-state index contributed by atoms with van der Waals surface area (Å²) in [6, 6.07) is 20.8. The molecule has 1 aromatic heterocycles. The van der Waals surface area contributed by atoms with E-state index in [1.165, 1.54) is 16.5 Å². The molecular weight excluding hydrogens is 232 g/mol. The van der Waals surface area contributed by atoms with Crippen molar-refractivity contribution in [3.05, 3.63) is 66.9 Å². The SMILES string of the molecule is CCN(c1ccccc1)c1nccc2ccccc12. The minimum atomic E-state index is 0.894. The van der Waals surface area contributed by atoms with E-state index in [0.717, 1.165) is 12.4 Å². The van der Waals surface area contributed by atoms with Crippen molar-refractivity contribution < 1.29 is 0 Å². The van der Waals surface area contributed by atoms with Crippen molar-refractivity contribution in [3.63, 3.8) is 0 Å². The predicted octanol–water partition coefficient (Wildman–Crippen LogP) is 4.39. The molecule has 0 saturated heterocycles. The summed E-state index contributed by atoms with van der Waals surface area (Å²) in [4.78, 5) is 6.82. The fourth-order valence-corrected chi connectivity index (χ4v) is 2.38. The zero-order valence-corrected chi connectivity index (χ0v) is 11.0. The van der Waals surface area contributed by atoms with Gasteiger partial charge in [-0.25, -0.2) is 4.98 Å². The number of benzene rings is 2. The maximum Gasteiger partial charge on any atom is 0.140 e. The summed E-state index contributed by atoms with van der Waals surface area (Å²) in [5.74, 6) is 1.02. The molecule has 1 heterocycles. The lowest BCUT2D eigenvalue weighted by Crippen LogP contribution is -2.17. The first kappa shape index (κ1) is 11.7. The summed E-state index contributed by atoms with van der Waals surface area (Å²) in [5, 5.41) is 2.41. The summed E-state index contributed by atoms with van der Waals surface area (Å²) in [7, 11) is 0. The van der Waals surface area contributed by atoms with Gasteiger partial charge in [-0.1, -0.05) is 42.5 Å². The molecule has 3 aromatic rings. The molecule has 2 heteroatoms. The Balaban J connectivity index is 2.17. The number of aromatic nitrogens is 1. The van der Waals surface area contributed by atoms with Gasteiger partial charge in [-0.05, 0) is 30.5 Å². The molecule has 19 heavy (non-hydrogen) atoms. The van der Waals surface area contributed by atoms with Crippen molar-refractivity contribution >= 4 is 22.3 Å². The van der Waals surface area contributed by atoms with Gasteiger partial charge in [-0.3, -0.25) is 0 Å². The highest BCUT2D eigenvalue weighted by molar-refractivity contribution is 5.93. The summed E-state index contributed by atoms with van der Waals surface area (Å²) < 4.78 is 0. The second-order valence-corrected chi connectivity index (χ2v) is 4.44. The third-order valence-corrected chi connectivity index (χ3v) is 3.29. The monoisotopic (exact) mass is 248 g/mol. The summed E-state index contributed by atoms with van der Waals surface area (Å²) >= 11 is 0. The summed E-state index contributed by atoms with van der Waals surface area (Å²) in [5.41, 5.74) is 1.17. The molecule has 0 atom stereocenters. The Kier molecular flexibility index (Phi) is 3.15. The van der Waals surface area contributed by atoms with Crippen LogP contribution in [0.4, 0.5) is 11.5 Å². The first-order valence-electron chi connectivity index (χ1n) is 6.56. The second kappa shape index (κ2) is 5.11. The van der Waals surface area contributed by atoms with E-state index in [1.807, 2.05) is 12.3 Å². The highest BCUT2D eigenvalue weighted by Crippen LogP contribution is 2.29. The average molecular weight is 248 g/mol. The fraction of sp³-hybridized carbons (Fsp3) is 0.118. The van der Waals surface area contributed by atoms with Gasteiger partial charge in [0, 0.05) is 23.8 Å². The number of rotatable bonds is 3. The molecule has 2 nitrogen and oxygen atoms in total. The third-order valence-electron chi connectivity index (χ3n) is 3.29. The van der Waals surface area contributed by atoms with Gasteiger partial charge in [0.2, 0.25) is 0 Å². The highest BCUT2D eigenvalue weighted by Gasteiger charge is 2.11. The van der Waals surface area contributed by atoms with Gasteiger partial charge in [-0.15, -0.1) is 0 Å². The molecule has 2 aromatic carbocycles. The van der Waals surface area contributed by atoms with Crippen molar-refractivity contribution in [3.8, 4) is 0 Å². The minimum Gasteiger partial charge on any atom is -0.326 e. The Bertz CT molecular complexity index is 672. The number of fused-ring (bicyclic) bond motifs is 1. The lowest BCUT2D eigenvalue weighted by molar-refractivity contribution is 0.998. The van der Waals surface area contributed by atoms with E-state index in [0.29, 0.717) is 0 Å². The Hall–Kier alpha value is -2.35. The normalized spacial score (nSPS) is 10.6. The van der Waals surface area contributed by atoms with E-state index >= 15 is 0 Å². The van der Waals surface area contributed by atoms with Crippen LogP contribution in [0.1, 0.15) is 6.92 Å². The quantitative estimate of drug-likeness (QED) is 0.683.